The summed E-state index contributed by atoms with van der Waals surface area (Å²) >= 11 is 1.72. The van der Waals surface area contributed by atoms with Gasteiger partial charge in [0.2, 0.25) is 10.0 Å². The van der Waals surface area contributed by atoms with Gasteiger partial charge in [0.05, 0.1) is 4.90 Å². The Morgan fingerprint density at radius 3 is 2.29 bits per heavy atom. The highest BCUT2D eigenvalue weighted by atomic mass is 32.2. The zero-order chi connectivity index (χ0) is 16.2. The summed E-state index contributed by atoms with van der Waals surface area (Å²) < 4.78 is 27.2. The number of nitrogens with zero attached hydrogens (tertiary/aromatic N) is 1. The third-order valence-corrected chi connectivity index (χ3v) is 6.55. The first-order chi connectivity index (χ1) is 9.75. The van der Waals surface area contributed by atoms with Crippen LogP contribution in [0, 0.1) is 13.8 Å². The van der Waals surface area contributed by atoms with Crippen LogP contribution >= 0.6 is 11.8 Å². The summed E-state index contributed by atoms with van der Waals surface area (Å²) in [5.41, 5.74) is 4.67. The molecule has 0 aliphatic carbocycles. The number of nitrogen functional groups attached to an aromatic ring is 1. The number of anilines is 1. The highest BCUT2D eigenvalue weighted by molar-refractivity contribution is 7.98. The molecule has 0 spiro atoms. The molecule has 21 heavy (non-hydrogen) atoms. The molecule has 1 unspecified atom stereocenters. The second kappa shape index (κ2) is 7.49. The molecule has 1 aromatic rings. The van der Waals surface area contributed by atoms with Crippen LogP contribution in [-0.4, -0.2) is 37.8 Å². The summed E-state index contributed by atoms with van der Waals surface area (Å²) in [4.78, 5) is 0.375. The lowest BCUT2D eigenvalue weighted by Gasteiger charge is -2.26. The van der Waals surface area contributed by atoms with Crippen molar-refractivity contribution >= 4 is 27.5 Å². The van der Waals surface area contributed by atoms with Gasteiger partial charge in [-0.3, -0.25) is 5.84 Å². The second-order valence-electron chi connectivity index (χ2n) is 5.24. The molecule has 7 heteroatoms. The standard InChI is InChI=1S/C14H25N3O2S2/c1-10-8-13(16-15)9-11(2)14(10)21(18,19)17(4)12(3)6-7-20-5/h8-9,12,16H,6-7,15H2,1-5H3. The number of hydrogen-bond acceptors (Lipinski definition) is 5. The van der Waals surface area contributed by atoms with Crippen molar-refractivity contribution in [3.8, 4) is 0 Å². The van der Waals surface area contributed by atoms with Crippen LogP contribution < -0.4 is 11.3 Å². The van der Waals surface area contributed by atoms with Gasteiger partial charge in [0.1, 0.15) is 0 Å². The maximum Gasteiger partial charge on any atom is 0.243 e. The number of rotatable bonds is 7. The van der Waals surface area contributed by atoms with Gasteiger partial charge >= 0.3 is 0 Å². The van der Waals surface area contributed by atoms with Gasteiger partial charge in [-0.2, -0.15) is 16.1 Å². The first-order valence-electron chi connectivity index (χ1n) is 6.80. The van der Waals surface area contributed by atoms with Crippen molar-refractivity contribution in [1.29, 1.82) is 0 Å². The molecule has 0 aliphatic rings. The molecule has 0 aromatic heterocycles. The molecule has 120 valence electrons. The third-order valence-electron chi connectivity index (χ3n) is 3.62. The largest absolute Gasteiger partial charge is 0.324 e. The lowest BCUT2D eigenvalue weighted by Crippen LogP contribution is -2.36. The summed E-state index contributed by atoms with van der Waals surface area (Å²) in [5.74, 6) is 6.34. The Morgan fingerprint density at radius 1 is 1.33 bits per heavy atom. The number of hydrogen-bond donors (Lipinski definition) is 2. The molecule has 1 atom stereocenters. The van der Waals surface area contributed by atoms with Crippen LogP contribution in [-0.2, 0) is 10.0 Å². The van der Waals surface area contributed by atoms with E-state index in [0.717, 1.165) is 12.2 Å². The van der Waals surface area contributed by atoms with Crippen LogP contribution in [0.1, 0.15) is 24.5 Å². The average molecular weight is 332 g/mol. The number of aryl methyl sites for hydroxylation is 2. The number of thioether (sulfide) groups is 1. The maximum absolute atomic E-state index is 12.8. The summed E-state index contributed by atoms with van der Waals surface area (Å²) in [6, 6.07) is 3.47. The molecule has 0 radical (unpaired) electrons. The van der Waals surface area contributed by atoms with Crippen LogP contribution in [0.15, 0.2) is 17.0 Å². The predicted molar refractivity (Wildman–Crippen MR) is 91.1 cm³/mol. The fraction of sp³-hybridized carbons (Fsp3) is 0.571. The van der Waals surface area contributed by atoms with Gasteiger partial charge in [-0.15, -0.1) is 0 Å². The van der Waals surface area contributed by atoms with E-state index in [0.29, 0.717) is 21.7 Å². The van der Waals surface area contributed by atoms with E-state index in [4.69, 9.17) is 5.84 Å². The molecule has 1 rings (SSSR count). The Labute approximate surface area is 132 Å². The zero-order valence-corrected chi connectivity index (χ0v) is 14.9. The van der Waals surface area contributed by atoms with Crippen LogP contribution in [0.3, 0.4) is 0 Å². The molecule has 0 fully saturated rings. The topological polar surface area (TPSA) is 75.4 Å². The lowest BCUT2D eigenvalue weighted by molar-refractivity contribution is 0.382. The first-order valence-corrected chi connectivity index (χ1v) is 9.64. The molecule has 0 aliphatic heterocycles. The predicted octanol–water partition coefficient (Wildman–Crippen LogP) is 2.35. The Hall–Kier alpha value is -0.760. The number of nitrogens with two attached hydrogens (primary N) is 1. The average Bonchev–Trinajstić information content (AvgIpc) is 2.42. The minimum absolute atomic E-state index is 0.0337. The number of hydrazine groups is 1. The monoisotopic (exact) mass is 331 g/mol. The van der Waals surface area contributed by atoms with E-state index < -0.39 is 10.0 Å². The smallest absolute Gasteiger partial charge is 0.243 e. The van der Waals surface area contributed by atoms with Crippen LogP contribution in [0.2, 0.25) is 0 Å². The van der Waals surface area contributed by atoms with Gasteiger partial charge in [-0.1, -0.05) is 0 Å². The Balaban J connectivity index is 3.19. The Bertz CT molecular complexity index is 565. The zero-order valence-electron chi connectivity index (χ0n) is 13.3. The van der Waals surface area contributed by atoms with Crippen LogP contribution in [0.25, 0.3) is 0 Å². The van der Waals surface area contributed by atoms with Gasteiger partial charge in [-0.25, -0.2) is 8.42 Å². The molecule has 0 saturated carbocycles. The quantitative estimate of drug-likeness (QED) is 0.592. The molecule has 3 N–H and O–H groups in total. The fourth-order valence-corrected chi connectivity index (χ4v) is 4.67. The number of sulfonamides is 1. The van der Waals surface area contributed by atoms with Crippen LogP contribution in [0.5, 0.6) is 0 Å². The van der Waals surface area contributed by atoms with Crippen molar-refractivity contribution in [2.75, 3.05) is 24.5 Å². The van der Waals surface area contributed by atoms with Gasteiger partial charge in [-0.05, 0) is 62.5 Å². The molecule has 0 bridgehead atoms. The second-order valence-corrected chi connectivity index (χ2v) is 8.16. The van der Waals surface area contributed by atoms with Gasteiger partial charge in [0.15, 0.2) is 0 Å². The van der Waals surface area contributed by atoms with E-state index in [2.05, 4.69) is 5.43 Å². The maximum atomic E-state index is 12.8. The molecule has 0 amide bonds. The lowest BCUT2D eigenvalue weighted by atomic mass is 10.1. The molecule has 0 heterocycles. The Morgan fingerprint density at radius 2 is 1.86 bits per heavy atom. The summed E-state index contributed by atoms with van der Waals surface area (Å²) in [6.07, 6.45) is 2.85. The number of nitrogens with one attached hydrogen (secondary N) is 1. The van der Waals surface area contributed by atoms with Crippen molar-refractivity contribution < 1.29 is 8.42 Å². The van der Waals surface area contributed by atoms with Gasteiger partial charge in [0.25, 0.3) is 0 Å². The molecular weight excluding hydrogens is 306 g/mol. The molecule has 1 aromatic carbocycles. The van der Waals surface area contributed by atoms with E-state index in [-0.39, 0.29) is 6.04 Å². The number of benzene rings is 1. The van der Waals surface area contributed by atoms with E-state index in [1.807, 2.05) is 13.2 Å². The van der Waals surface area contributed by atoms with E-state index in [9.17, 15) is 8.42 Å². The minimum atomic E-state index is -3.50. The van der Waals surface area contributed by atoms with E-state index >= 15 is 0 Å². The van der Waals surface area contributed by atoms with Crippen molar-refractivity contribution in [3.05, 3.63) is 23.3 Å². The normalized spacial score (nSPS) is 13.5. The van der Waals surface area contributed by atoms with E-state index in [1.54, 1.807) is 44.8 Å². The van der Waals surface area contributed by atoms with E-state index in [1.165, 1.54) is 4.31 Å². The first kappa shape index (κ1) is 18.3. The summed E-state index contributed by atoms with van der Waals surface area (Å²) in [7, 11) is -1.85. The van der Waals surface area contributed by atoms with Crippen molar-refractivity contribution in [2.45, 2.75) is 38.1 Å². The van der Waals surface area contributed by atoms with Crippen molar-refractivity contribution in [3.63, 3.8) is 0 Å². The fourth-order valence-electron chi connectivity index (χ4n) is 2.29. The molecule has 0 saturated heterocycles. The van der Waals surface area contributed by atoms with Crippen molar-refractivity contribution in [2.24, 2.45) is 5.84 Å². The SMILES string of the molecule is CSCCC(C)N(C)S(=O)(=O)c1c(C)cc(NN)cc1C. The minimum Gasteiger partial charge on any atom is -0.324 e. The van der Waals surface area contributed by atoms with Crippen molar-refractivity contribution in [1.82, 2.24) is 4.31 Å². The van der Waals surface area contributed by atoms with Crippen LogP contribution in [0.4, 0.5) is 5.69 Å². The highest BCUT2D eigenvalue weighted by Gasteiger charge is 2.28. The van der Waals surface area contributed by atoms with Gasteiger partial charge in [0, 0.05) is 18.8 Å². The summed E-state index contributed by atoms with van der Waals surface area (Å²) in [5, 5.41) is 0. The summed E-state index contributed by atoms with van der Waals surface area (Å²) in [6.45, 7) is 5.52. The third kappa shape index (κ3) is 4.12. The Kier molecular flexibility index (Phi) is 6.52. The molecular formula is C14H25N3O2S2. The van der Waals surface area contributed by atoms with Gasteiger partial charge < -0.3 is 5.43 Å². The molecule has 5 nitrogen and oxygen atoms in total. The highest BCUT2D eigenvalue weighted by Crippen LogP contribution is 2.27.